The largest absolute Gasteiger partial charge is 0.326 e. The van der Waals surface area contributed by atoms with E-state index in [1.165, 1.54) is 5.56 Å². The minimum absolute atomic E-state index is 0.0371. The Balaban J connectivity index is 2.82. The summed E-state index contributed by atoms with van der Waals surface area (Å²) in [5.74, 6) is 0. The van der Waals surface area contributed by atoms with Crippen molar-refractivity contribution in [2.24, 2.45) is 11.5 Å². The second kappa shape index (κ2) is 4.40. The van der Waals surface area contributed by atoms with Gasteiger partial charge in [0.15, 0.2) is 0 Å². The molecule has 2 nitrogen and oxygen atoms in total. The number of aryl methyl sites for hydroxylation is 1. The molecule has 2 heteroatoms. The summed E-state index contributed by atoms with van der Waals surface area (Å²) in [5.41, 5.74) is 14.2. The van der Waals surface area contributed by atoms with E-state index in [1.807, 2.05) is 12.1 Å². The third-order valence-electron chi connectivity index (χ3n) is 2.36. The molecule has 13 heavy (non-hydrogen) atoms. The van der Waals surface area contributed by atoms with Crippen LogP contribution in [0.25, 0.3) is 0 Å². The molecule has 0 spiro atoms. The normalized spacial score (nSPS) is 15.4. The summed E-state index contributed by atoms with van der Waals surface area (Å²) in [6, 6.07) is 8.24. The first kappa shape index (κ1) is 10.2. The van der Waals surface area contributed by atoms with E-state index in [0.717, 1.165) is 12.0 Å². The third-order valence-corrected chi connectivity index (χ3v) is 2.36. The van der Waals surface area contributed by atoms with Gasteiger partial charge in [-0.25, -0.2) is 0 Å². The summed E-state index contributed by atoms with van der Waals surface area (Å²) in [6.45, 7) is 4.12. The van der Waals surface area contributed by atoms with Crippen LogP contribution in [0.5, 0.6) is 0 Å². The van der Waals surface area contributed by atoms with Gasteiger partial charge in [0.25, 0.3) is 0 Å². The van der Waals surface area contributed by atoms with E-state index >= 15 is 0 Å². The van der Waals surface area contributed by atoms with Crippen LogP contribution in [0.4, 0.5) is 0 Å². The minimum atomic E-state index is -0.0371. The van der Waals surface area contributed by atoms with Gasteiger partial charge in [0.05, 0.1) is 0 Å². The van der Waals surface area contributed by atoms with Crippen molar-refractivity contribution in [3.8, 4) is 0 Å². The molecule has 0 bridgehead atoms. The standard InChI is InChI=1S/C11H18N2/c1-3-10(12)11(13)9-6-4-5-8(2)7-9/h4-7,10-11H,3,12-13H2,1-2H3/t10-,11-/m0/s1. The molecule has 2 atom stereocenters. The maximum atomic E-state index is 5.99. The molecular formula is C11H18N2. The average Bonchev–Trinajstić information content (AvgIpc) is 2.15. The number of rotatable bonds is 3. The van der Waals surface area contributed by atoms with Gasteiger partial charge in [-0.05, 0) is 18.9 Å². The highest BCUT2D eigenvalue weighted by atomic mass is 14.8. The van der Waals surface area contributed by atoms with Gasteiger partial charge in [-0.2, -0.15) is 0 Å². The Hall–Kier alpha value is -0.860. The third kappa shape index (κ3) is 2.54. The van der Waals surface area contributed by atoms with Crippen LogP contribution in [0.3, 0.4) is 0 Å². The number of nitrogens with two attached hydrogens (primary N) is 2. The Morgan fingerprint density at radius 1 is 1.31 bits per heavy atom. The molecular weight excluding hydrogens is 160 g/mol. The SMILES string of the molecule is CC[C@H](N)[C@@H](N)c1cccc(C)c1. The van der Waals surface area contributed by atoms with Crippen LogP contribution in [0, 0.1) is 6.92 Å². The number of hydrogen-bond acceptors (Lipinski definition) is 2. The molecule has 1 rings (SSSR count). The Labute approximate surface area is 79.9 Å². The fourth-order valence-corrected chi connectivity index (χ4v) is 1.38. The Bertz CT molecular complexity index is 271. The Morgan fingerprint density at radius 2 is 2.00 bits per heavy atom. The van der Waals surface area contributed by atoms with Crippen molar-refractivity contribution >= 4 is 0 Å². The smallest absolute Gasteiger partial charge is 0.0448 e. The van der Waals surface area contributed by atoms with Crippen molar-refractivity contribution < 1.29 is 0 Å². The molecule has 0 heterocycles. The topological polar surface area (TPSA) is 52.0 Å². The van der Waals surface area contributed by atoms with Crippen LogP contribution in [0.1, 0.15) is 30.5 Å². The number of benzene rings is 1. The van der Waals surface area contributed by atoms with Gasteiger partial charge < -0.3 is 11.5 Å². The monoisotopic (exact) mass is 178 g/mol. The molecule has 0 unspecified atom stereocenters. The van der Waals surface area contributed by atoms with Crippen LogP contribution in [-0.2, 0) is 0 Å². The quantitative estimate of drug-likeness (QED) is 0.740. The average molecular weight is 178 g/mol. The molecule has 0 saturated heterocycles. The lowest BCUT2D eigenvalue weighted by atomic mass is 9.98. The summed E-state index contributed by atoms with van der Waals surface area (Å²) in [4.78, 5) is 0. The molecule has 0 radical (unpaired) electrons. The summed E-state index contributed by atoms with van der Waals surface area (Å²) in [7, 11) is 0. The van der Waals surface area contributed by atoms with Gasteiger partial charge in [0.1, 0.15) is 0 Å². The van der Waals surface area contributed by atoms with Gasteiger partial charge in [-0.3, -0.25) is 0 Å². The predicted octanol–water partition coefficient (Wildman–Crippen LogP) is 1.73. The Morgan fingerprint density at radius 3 is 2.54 bits per heavy atom. The van der Waals surface area contributed by atoms with E-state index in [4.69, 9.17) is 11.5 Å². The molecule has 1 aromatic carbocycles. The summed E-state index contributed by atoms with van der Waals surface area (Å²) in [6.07, 6.45) is 0.912. The van der Waals surface area contributed by atoms with E-state index in [-0.39, 0.29) is 12.1 Å². The van der Waals surface area contributed by atoms with E-state index in [2.05, 4.69) is 26.0 Å². The maximum Gasteiger partial charge on any atom is 0.0448 e. The highest BCUT2D eigenvalue weighted by Crippen LogP contribution is 2.15. The van der Waals surface area contributed by atoms with Crippen LogP contribution in [-0.4, -0.2) is 6.04 Å². The van der Waals surface area contributed by atoms with Gasteiger partial charge in [0, 0.05) is 12.1 Å². The second-order valence-electron chi connectivity index (χ2n) is 3.51. The van der Waals surface area contributed by atoms with Crippen LogP contribution in [0.2, 0.25) is 0 Å². The zero-order chi connectivity index (χ0) is 9.84. The first-order chi connectivity index (χ1) is 6.15. The lowest BCUT2D eigenvalue weighted by molar-refractivity contribution is 0.532. The highest BCUT2D eigenvalue weighted by Gasteiger charge is 2.12. The van der Waals surface area contributed by atoms with Crippen molar-refractivity contribution in [3.05, 3.63) is 35.4 Å². The lowest BCUT2D eigenvalue weighted by Gasteiger charge is -2.18. The van der Waals surface area contributed by atoms with Crippen molar-refractivity contribution in [1.82, 2.24) is 0 Å². The maximum absolute atomic E-state index is 5.99. The van der Waals surface area contributed by atoms with Crippen LogP contribution in [0.15, 0.2) is 24.3 Å². The second-order valence-corrected chi connectivity index (χ2v) is 3.51. The van der Waals surface area contributed by atoms with Crippen LogP contribution >= 0.6 is 0 Å². The van der Waals surface area contributed by atoms with Crippen molar-refractivity contribution in [3.63, 3.8) is 0 Å². The van der Waals surface area contributed by atoms with E-state index in [1.54, 1.807) is 0 Å². The molecule has 4 N–H and O–H groups in total. The molecule has 0 amide bonds. The van der Waals surface area contributed by atoms with Crippen molar-refractivity contribution in [2.75, 3.05) is 0 Å². The summed E-state index contributed by atoms with van der Waals surface area (Å²) < 4.78 is 0. The minimum Gasteiger partial charge on any atom is -0.326 e. The molecule has 0 aliphatic heterocycles. The van der Waals surface area contributed by atoms with Crippen molar-refractivity contribution in [1.29, 1.82) is 0 Å². The van der Waals surface area contributed by atoms with Crippen LogP contribution < -0.4 is 11.5 Å². The van der Waals surface area contributed by atoms with Gasteiger partial charge in [-0.15, -0.1) is 0 Å². The molecule has 0 aromatic heterocycles. The molecule has 0 fully saturated rings. The summed E-state index contributed by atoms with van der Waals surface area (Å²) in [5, 5.41) is 0. The van der Waals surface area contributed by atoms with Crippen molar-refractivity contribution in [2.45, 2.75) is 32.4 Å². The predicted molar refractivity (Wildman–Crippen MR) is 56.4 cm³/mol. The first-order valence-corrected chi connectivity index (χ1v) is 4.73. The van der Waals surface area contributed by atoms with E-state index in [0.29, 0.717) is 0 Å². The summed E-state index contributed by atoms with van der Waals surface area (Å²) >= 11 is 0. The van der Waals surface area contributed by atoms with Gasteiger partial charge >= 0.3 is 0 Å². The number of hydrogen-bond donors (Lipinski definition) is 2. The molecule has 72 valence electrons. The van der Waals surface area contributed by atoms with Gasteiger partial charge in [0.2, 0.25) is 0 Å². The molecule has 0 aliphatic carbocycles. The fraction of sp³-hybridized carbons (Fsp3) is 0.455. The molecule has 0 saturated carbocycles. The van der Waals surface area contributed by atoms with Gasteiger partial charge in [-0.1, -0.05) is 36.8 Å². The first-order valence-electron chi connectivity index (χ1n) is 4.73. The van der Waals surface area contributed by atoms with E-state index < -0.39 is 0 Å². The Kier molecular flexibility index (Phi) is 3.46. The zero-order valence-corrected chi connectivity index (χ0v) is 8.33. The fourth-order valence-electron chi connectivity index (χ4n) is 1.38. The lowest BCUT2D eigenvalue weighted by Crippen LogP contribution is -2.33. The highest BCUT2D eigenvalue weighted by molar-refractivity contribution is 5.25. The van der Waals surface area contributed by atoms with E-state index in [9.17, 15) is 0 Å². The molecule has 1 aromatic rings. The zero-order valence-electron chi connectivity index (χ0n) is 8.33. The molecule has 0 aliphatic rings.